The number of likely N-dealkylation sites (tertiary alicyclic amines) is 2. The number of rotatable bonds is 19. The molecular weight excluding hydrogens is 676 g/mol. The molecule has 0 bridgehead atoms. The van der Waals surface area contributed by atoms with E-state index < -0.39 is 115 Å². The van der Waals surface area contributed by atoms with Crippen LogP contribution >= 0.6 is 0 Å². The lowest BCUT2D eigenvalue weighted by Gasteiger charge is -2.31. The van der Waals surface area contributed by atoms with Gasteiger partial charge in [0.1, 0.15) is 24.2 Å². The molecule has 0 unspecified atom stereocenters. The van der Waals surface area contributed by atoms with Crippen LogP contribution in [0.5, 0.6) is 0 Å². The lowest BCUT2D eigenvalue weighted by atomic mass is 9.98. The van der Waals surface area contributed by atoms with Crippen LogP contribution in [0.3, 0.4) is 0 Å². The third-order valence-corrected chi connectivity index (χ3v) is 9.03. The van der Waals surface area contributed by atoms with E-state index in [9.17, 15) is 53.4 Å². The highest BCUT2D eigenvalue weighted by molar-refractivity contribution is 5.97. The number of carbonyl (C=O) groups excluding carboxylic acids is 7. The molecule has 2 fully saturated rings. The second-order valence-corrected chi connectivity index (χ2v) is 12.9. The fourth-order valence-electron chi connectivity index (χ4n) is 5.84. The Kier molecular flexibility index (Phi) is 16.2. The van der Waals surface area contributed by atoms with Crippen molar-refractivity contribution in [2.75, 3.05) is 19.6 Å². The van der Waals surface area contributed by atoms with Crippen molar-refractivity contribution in [3.05, 3.63) is 0 Å². The normalized spacial score (nSPS) is 20.6. The molecule has 20 nitrogen and oxygen atoms in total. The number of nitrogens with two attached hydrogens (primary N) is 2. The molecule has 0 spiro atoms. The molecule has 0 aromatic heterocycles. The molecule has 11 N–H and O–H groups in total. The summed E-state index contributed by atoms with van der Waals surface area (Å²) in [6.07, 6.45) is -1.11. The summed E-state index contributed by atoms with van der Waals surface area (Å²) >= 11 is 0. The molecule has 51 heavy (non-hydrogen) atoms. The van der Waals surface area contributed by atoms with E-state index in [0.717, 1.165) is 0 Å². The quantitative estimate of drug-likeness (QED) is 0.0616. The van der Waals surface area contributed by atoms with Crippen LogP contribution in [-0.4, -0.2) is 140 Å². The van der Waals surface area contributed by atoms with E-state index in [1.165, 1.54) is 16.7 Å². The molecule has 7 amide bonds. The second-order valence-electron chi connectivity index (χ2n) is 12.9. The van der Waals surface area contributed by atoms with Gasteiger partial charge in [-0.2, -0.15) is 0 Å². The second kappa shape index (κ2) is 19.5. The van der Waals surface area contributed by atoms with Gasteiger partial charge in [-0.15, -0.1) is 0 Å². The molecule has 0 radical (unpaired) electrons. The summed E-state index contributed by atoms with van der Waals surface area (Å²) in [5.41, 5.74) is 11.2. The maximum atomic E-state index is 13.6. The lowest BCUT2D eigenvalue weighted by Crippen LogP contribution is -2.58. The van der Waals surface area contributed by atoms with E-state index >= 15 is 0 Å². The number of aliphatic hydroxyl groups is 1. The van der Waals surface area contributed by atoms with Crippen molar-refractivity contribution < 1.29 is 58.5 Å². The number of aliphatic carboxylic acids is 2. The van der Waals surface area contributed by atoms with Gasteiger partial charge in [0.25, 0.3) is 0 Å². The number of aliphatic hydroxyl groups excluding tert-OH is 1. The Hall–Kier alpha value is -4.85. The number of carbonyl (C=O) groups is 9. The van der Waals surface area contributed by atoms with Gasteiger partial charge in [-0.25, -0.2) is 4.79 Å². The first kappa shape index (κ1) is 42.3. The number of primary amides is 1. The zero-order valence-electron chi connectivity index (χ0n) is 29.0. The van der Waals surface area contributed by atoms with E-state index in [-0.39, 0.29) is 38.3 Å². The number of hydrogen-bond donors (Lipinski definition) is 9. The molecule has 286 valence electrons. The molecule has 0 aliphatic carbocycles. The fraction of sp³-hybridized carbons (Fsp3) is 0.710. The number of nitrogens with one attached hydrogen (secondary N) is 4. The Morgan fingerprint density at radius 3 is 1.96 bits per heavy atom. The maximum Gasteiger partial charge on any atom is 0.328 e. The number of amides is 7. The van der Waals surface area contributed by atoms with Crippen molar-refractivity contribution in [2.45, 2.75) is 114 Å². The molecule has 0 saturated carbocycles. The van der Waals surface area contributed by atoms with Crippen LogP contribution in [0, 0.1) is 5.92 Å². The molecule has 0 aromatic carbocycles. The van der Waals surface area contributed by atoms with E-state index in [1.54, 1.807) is 13.8 Å². The lowest BCUT2D eigenvalue weighted by molar-refractivity contribution is -0.149. The predicted octanol–water partition coefficient (Wildman–Crippen LogP) is -3.88. The zero-order chi connectivity index (χ0) is 38.6. The van der Waals surface area contributed by atoms with Gasteiger partial charge in [-0.1, -0.05) is 20.3 Å². The Balaban J connectivity index is 2.11. The first-order valence-corrected chi connectivity index (χ1v) is 16.8. The largest absolute Gasteiger partial charge is 0.481 e. The molecule has 2 aliphatic rings. The van der Waals surface area contributed by atoms with Crippen LogP contribution in [0.25, 0.3) is 0 Å². The third kappa shape index (κ3) is 12.2. The smallest absolute Gasteiger partial charge is 0.328 e. The van der Waals surface area contributed by atoms with Crippen molar-refractivity contribution >= 4 is 53.3 Å². The summed E-state index contributed by atoms with van der Waals surface area (Å²) in [6, 6.07) is -7.68. The zero-order valence-corrected chi connectivity index (χ0v) is 29.0. The van der Waals surface area contributed by atoms with Crippen molar-refractivity contribution in [2.24, 2.45) is 17.4 Å². The SMILES string of the molecule is CC[C@H](C)[C@H](N)C(=O)N[C@@H](CCC(=O)O)C(=O)N[C@@H](CC(N)=O)C(=O)NCC(=O)N1CCC[C@H]1C(=O)N1CCC[C@H]1C(=O)N[C@H](C(=O)O)[C@@H](C)O. The van der Waals surface area contributed by atoms with Crippen molar-refractivity contribution in [1.82, 2.24) is 31.1 Å². The molecule has 2 rings (SSSR count). The summed E-state index contributed by atoms with van der Waals surface area (Å²) in [7, 11) is 0. The fourth-order valence-corrected chi connectivity index (χ4v) is 5.84. The summed E-state index contributed by atoms with van der Waals surface area (Å²) < 4.78 is 0. The van der Waals surface area contributed by atoms with Gasteiger partial charge < -0.3 is 57.9 Å². The minimum absolute atomic E-state index is 0.143. The van der Waals surface area contributed by atoms with Gasteiger partial charge in [0, 0.05) is 19.5 Å². The molecule has 0 aromatic rings. The summed E-state index contributed by atoms with van der Waals surface area (Å²) in [5.74, 6) is -8.69. The summed E-state index contributed by atoms with van der Waals surface area (Å²) in [5, 5.41) is 37.4. The van der Waals surface area contributed by atoms with Crippen molar-refractivity contribution in [3.8, 4) is 0 Å². The Bertz CT molecular complexity index is 1340. The van der Waals surface area contributed by atoms with Gasteiger partial charge in [-0.05, 0) is 44.9 Å². The number of hydrogen-bond acceptors (Lipinski definition) is 11. The van der Waals surface area contributed by atoms with Crippen molar-refractivity contribution in [1.29, 1.82) is 0 Å². The number of nitrogens with zero attached hydrogens (tertiary/aromatic N) is 2. The molecule has 8 atom stereocenters. The molecule has 2 heterocycles. The van der Waals surface area contributed by atoms with E-state index in [4.69, 9.17) is 16.6 Å². The number of carboxylic acid groups (broad SMARTS) is 2. The summed E-state index contributed by atoms with van der Waals surface area (Å²) in [4.78, 5) is 116. The average molecular weight is 727 g/mol. The van der Waals surface area contributed by atoms with Gasteiger partial charge in [0.15, 0.2) is 6.04 Å². The average Bonchev–Trinajstić information content (AvgIpc) is 3.76. The Morgan fingerprint density at radius 1 is 0.824 bits per heavy atom. The van der Waals surface area contributed by atoms with Gasteiger partial charge in [0.2, 0.25) is 41.4 Å². The topological polar surface area (TPSA) is 321 Å². The minimum Gasteiger partial charge on any atom is -0.481 e. The van der Waals surface area contributed by atoms with Gasteiger partial charge in [-0.3, -0.25) is 38.4 Å². The van der Waals surface area contributed by atoms with Crippen LogP contribution < -0.4 is 32.7 Å². The van der Waals surface area contributed by atoms with Crippen LogP contribution in [0.2, 0.25) is 0 Å². The van der Waals surface area contributed by atoms with E-state index in [0.29, 0.717) is 19.3 Å². The number of carboxylic acids is 2. The monoisotopic (exact) mass is 726 g/mol. The van der Waals surface area contributed by atoms with E-state index in [2.05, 4.69) is 21.3 Å². The highest BCUT2D eigenvalue weighted by Gasteiger charge is 2.43. The van der Waals surface area contributed by atoms with Crippen LogP contribution in [0.15, 0.2) is 0 Å². The predicted molar refractivity (Wildman–Crippen MR) is 176 cm³/mol. The summed E-state index contributed by atoms with van der Waals surface area (Å²) in [6.45, 7) is 4.37. The van der Waals surface area contributed by atoms with Gasteiger partial charge in [0.05, 0.1) is 25.1 Å². The van der Waals surface area contributed by atoms with Crippen LogP contribution in [-0.2, 0) is 43.2 Å². The van der Waals surface area contributed by atoms with Crippen LogP contribution in [0.1, 0.15) is 72.1 Å². The van der Waals surface area contributed by atoms with E-state index in [1.807, 2.05) is 0 Å². The minimum atomic E-state index is -1.62. The molecular formula is C31H50N8O12. The van der Waals surface area contributed by atoms with Crippen molar-refractivity contribution in [3.63, 3.8) is 0 Å². The standard InChI is InChI=1S/C31H50N8O12/c1-4-15(2)24(33)29(48)35-17(9-10-23(43)44)27(46)36-18(13-21(32)41)26(45)34-14-22(42)38-11-6-8-20(38)30(49)39-12-5-7-19(39)28(47)37-25(16(3)40)31(50)51/h15-20,24-25,40H,4-14,33H2,1-3H3,(H2,32,41)(H,34,45)(H,35,48)(H,36,46)(H,37,47)(H,43,44)(H,50,51)/t15-,16+,17-,18-,19-,20-,24-,25-/m0/s1. The van der Waals surface area contributed by atoms with Crippen LogP contribution in [0.4, 0.5) is 0 Å². The maximum absolute atomic E-state index is 13.6. The first-order valence-electron chi connectivity index (χ1n) is 16.8. The molecule has 20 heteroatoms. The first-order chi connectivity index (χ1) is 23.9. The third-order valence-electron chi connectivity index (χ3n) is 9.03. The molecule has 2 saturated heterocycles. The highest BCUT2D eigenvalue weighted by Crippen LogP contribution is 2.25. The Labute approximate surface area is 294 Å². The Morgan fingerprint density at radius 2 is 1.41 bits per heavy atom. The van der Waals surface area contributed by atoms with Gasteiger partial charge >= 0.3 is 11.9 Å². The highest BCUT2D eigenvalue weighted by atomic mass is 16.4. The molecule has 2 aliphatic heterocycles.